The number of amides is 1. The maximum absolute atomic E-state index is 11.4. The maximum Gasteiger partial charge on any atom is 0.240 e. The van der Waals surface area contributed by atoms with E-state index < -0.39 is 0 Å². The van der Waals surface area contributed by atoms with Gasteiger partial charge >= 0.3 is 0 Å². The van der Waals surface area contributed by atoms with Crippen molar-refractivity contribution in [3.8, 4) is 11.5 Å². The molecule has 0 saturated heterocycles. The number of pyridine rings is 1. The molecule has 0 aliphatic carbocycles. The van der Waals surface area contributed by atoms with Crippen molar-refractivity contribution in [3.05, 3.63) is 48.3 Å². The van der Waals surface area contributed by atoms with Crippen LogP contribution in [-0.4, -0.2) is 21.6 Å². The fourth-order valence-electron chi connectivity index (χ4n) is 2.70. The highest BCUT2D eigenvalue weighted by Crippen LogP contribution is 2.26. The highest BCUT2D eigenvalue weighted by atomic mass is 16.3. The zero-order chi connectivity index (χ0) is 15.8. The highest BCUT2D eigenvalue weighted by molar-refractivity contribution is 6.07. The Bertz CT molecular complexity index is 915. The first kappa shape index (κ1) is 13.6. The summed E-state index contributed by atoms with van der Waals surface area (Å²) in [5, 5.41) is 4.18. The average Bonchev–Trinajstić information content (AvgIpc) is 2.99. The number of carbonyl (C=O) groups is 1. The van der Waals surface area contributed by atoms with E-state index in [0.717, 1.165) is 22.4 Å². The number of fused-ring (bicyclic) bond motifs is 1. The monoisotopic (exact) mass is 306 g/mol. The molecule has 1 N–H and O–H groups in total. The SMILES string of the molecule is CC1CC(=O)NN=C1c1ccc2nc(-c3ccncc3)oc2c1. The van der Waals surface area contributed by atoms with Gasteiger partial charge in [-0.3, -0.25) is 9.78 Å². The fraction of sp³-hybridized carbons (Fsp3) is 0.176. The molecule has 2 aromatic heterocycles. The number of rotatable bonds is 2. The Morgan fingerprint density at radius 3 is 2.78 bits per heavy atom. The number of aromatic nitrogens is 2. The van der Waals surface area contributed by atoms with Crippen LogP contribution in [0.15, 0.2) is 52.2 Å². The Kier molecular flexibility index (Phi) is 3.15. The molecule has 1 unspecified atom stereocenters. The van der Waals surface area contributed by atoms with Crippen LogP contribution in [0.2, 0.25) is 0 Å². The predicted octanol–water partition coefficient (Wildman–Crippen LogP) is 2.75. The molecule has 3 aromatic rings. The number of oxazole rings is 1. The van der Waals surface area contributed by atoms with Gasteiger partial charge < -0.3 is 4.42 Å². The largest absolute Gasteiger partial charge is 0.436 e. The lowest BCUT2D eigenvalue weighted by atomic mass is 9.94. The topological polar surface area (TPSA) is 80.4 Å². The molecule has 1 atom stereocenters. The van der Waals surface area contributed by atoms with Crippen molar-refractivity contribution in [1.29, 1.82) is 0 Å². The lowest BCUT2D eigenvalue weighted by molar-refractivity contribution is -0.121. The van der Waals surface area contributed by atoms with Gasteiger partial charge in [0.25, 0.3) is 0 Å². The molecule has 1 aliphatic heterocycles. The van der Waals surface area contributed by atoms with E-state index in [1.807, 2.05) is 37.3 Å². The predicted molar refractivity (Wildman–Crippen MR) is 85.7 cm³/mol. The third kappa shape index (κ3) is 2.48. The van der Waals surface area contributed by atoms with Gasteiger partial charge in [-0.05, 0) is 24.3 Å². The summed E-state index contributed by atoms with van der Waals surface area (Å²) in [5.41, 5.74) is 6.69. The first-order chi connectivity index (χ1) is 11.2. The maximum atomic E-state index is 11.4. The van der Waals surface area contributed by atoms with Crippen molar-refractivity contribution in [2.75, 3.05) is 0 Å². The third-order valence-corrected chi connectivity index (χ3v) is 3.87. The second kappa shape index (κ2) is 5.31. The van der Waals surface area contributed by atoms with E-state index in [4.69, 9.17) is 4.42 Å². The summed E-state index contributed by atoms with van der Waals surface area (Å²) in [6, 6.07) is 9.49. The van der Waals surface area contributed by atoms with Crippen LogP contribution < -0.4 is 5.43 Å². The lowest BCUT2D eigenvalue weighted by Crippen LogP contribution is -2.31. The molecule has 6 nitrogen and oxygen atoms in total. The quantitative estimate of drug-likeness (QED) is 0.789. The molecule has 1 aromatic carbocycles. The van der Waals surface area contributed by atoms with Gasteiger partial charge in [0, 0.05) is 35.9 Å². The fourth-order valence-corrected chi connectivity index (χ4v) is 2.70. The summed E-state index contributed by atoms with van der Waals surface area (Å²) in [5.74, 6) is 0.581. The zero-order valence-corrected chi connectivity index (χ0v) is 12.5. The van der Waals surface area contributed by atoms with E-state index in [0.29, 0.717) is 17.9 Å². The first-order valence-corrected chi connectivity index (χ1v) is 7.38. The summed E-state index contributed by atoms with van der Waals surface area (Å²) in [7, 11) is 0. The average molecular weight is 306 g/mol. The number of nitrogens with zero attached hydrogens (tertiary/aromatic N) is 3. The molecule has 0 spiro atoms. The van der Waals surface area contributed by atoms with Gasteiger partial charge in [0.15, 0.2) is 5.58 Å². The summed E-state index contributed by atoms with van der Waals surface area (Å²) >= 11 is 0. The summed E-state index contributed by atoms with van der Waals surface area (Å²) in [6.07, 6.45) is 3.85. The van der Waals surface area contributed by atoms with E-state index in [1.54, 1.807) is 12.4 Å². The van der Waals surface area contributed by atoms with E-state index in [1.165, 1.54) is 0 Å². The molecule has 23 heavy (non-hydrogen) atoms. The van der Waals surface area contributed by atoms with Crippen LogP contribution in [0.3, 0.4) is 0 Å². The van der Waals surface area contributed by atoms with Gasteiger partial charge in [-0.2, -0.15) is 5.10 Å². The Balaban J connectivity index is 1.75. The van der Waals surface area contributed by atoms with Crippen LogP contribution >= 0.6 is 0 Å². The minimum atomic E-state index is -0.0537. The van der Waals surface area contributed by atoms with Crippen molar-refractivity contribution in [3.63, 3.8) is 0 Å². The van der Waals surface area contributed by atoms with Crippen molar-refractivity contribution in [1.82, 2.24) is 15.4 Å². The number of nitrogens with one attached hydrogen (secondary N) is 1. The van der Waals surface area contributed by atoms with Crippen molar-refractivity contribution >= 4 is 22.7 Å². The Labute approximate surface area is 132 Å². The molecular weight excluding hydrogens is 292 g/mol. The standard InChI is InChI=1S/C17H14N4O2/c1-10-8-15(22)20-21-16(10)12-2-3-13-14(9-12)23-17(19-13)11-4-6-18-7-5-11/h2-7,9-10H,8H2,1H3,(H,20,22). The third-order valence-electron chi connectivity index (χ3n) is 3.87. The van der Waals surface area contributed by atoms with Gasteiger partial charge in [0.1, 0.15) is 5.52 Å². The minimum Gasteiger partial charge on any atom is -0.436 e. The van der Waals surface area contributed by atoms with Crippen LogP contribution in [0.4, 0.5) is 0 Å². The van der Waals surface area contributed by atoms with Gasteiger partial charge in [0.2, 0.25) is 11.8 Å². The molecule has 0 bridgehead atoms. The van der Waals surface area contributed by atoms with Gasteiger partial charge in [-0.1, -0.05) is 13.0 Å². The number of hydrogen-bond donors (Lipinski definition) is 1. The normalized spacial score (nSPS) is 17.9. The Morgan fingerprint density at radius 2 is 2.00 bits per heavy atom. The second-order valence-corrected chi connectivity index (χ2v) is 5.57. The molecule has 0 fully saturated rings. The molecule has 0 radical (unpaired) electrons. The van der Waals surface area contributed by atoms with Crippen LogP contribution in [0.5, 0.6) is 0 Å². The summed E-state index contributed by atoms with van der Waals surface area (Å²) in [4.78, 5) is 19.9. The smallest absolute Gasteiger partial charge is 0.240 e. The molecule has 6 heteroatoms. The number of benzene rings is 1. The van der Waals surface area contributed by atoms with E-state index in [-0.39, 0.29) is 11.8 Å². The zero-order valence-electron chi connectivity index (χ0n) is 12.5. The van der Waals surface area contributed by atoms with Crippen LogP contribution in [0, 0.1) is 5.92 Å². The Morgan fingerprint density at radius 1 is 1.17 bits per heavy atom. The molecule has 1 amide bonds. The molecular formula is C17H14N4O2. The highest BCUT2D eigenvalue weighted by Gasteiger charge is 2.22. The van der Waals surface area contributed by atoms with Crippen LogP contribution in [-0.2, 0) is 4.79 Å². The van der Waals surface area contributed by atoms with Gasteiger partial charge in [0.05, 0.1) is 5.71 Å². The molecule has 4 rings (SSSR count). The molecule has 3 heterocycles. The number of carbonyl (C=O) groups excluding carboxylic acids is 1. The van der Waals surface area contributed by atoms with Crippen LogP contribution in [0.1, 0.15) is 18.9 Å². The van der Waals surface area contributed by atoms with E-state index in [9.17, 15) is 4.79 Å². The van der Waals surface area contributed by atoms with Crippen LogP contribution in [0.25, 0.3) is 22.6 Å². The number of hydrazone groups is 1. The van der Waals surface area contributed by atoms with Crippen molar-refractivity contribution in [2.24, 2.45) is 11.0 Å². The molecule has 0 saturated carbocycles. The lowest BCUT2D eigenvalue weighted by Gasteiger charge is -2.18. The molecule has 1 aliphatic rings. The number of hydrogen-bond acceptors (Lipinski definition) is 5. The van der Waals surface area contributed by atoms with Crippen molar-refractivity contribution in [2.45, 2.75) is 13.3 Å². The van der Waals surface area contributed by atoms with Gasteiger partial charge in [-0.25, -0.2) is 10.4 Å². The first-order valence-electron chi connectivity index (χ1n) is 7.38. The summed E-state index contributed by atoms with van der Waals surface area (Å²) in [6.45, 7) is 1.99. The van der Waals surface area contributed by atoms with Gasteiger partial charge in [-0.15, -0.1) is 0 Å². The Hall–Kier alpha value is -3.02. The van der Waals surface area contributed by atoms with Crippen molar-refractivity contribution < 1.29 is 9.21 Å². The van der Waals surface area contributed by atoms with E-state index in [2.05, 4.69) is 20.5 Å². The minimum absolute atomic E-state index is 0.0537. The second-order valence-electron chi connectivity index (χ2n) is 5.57. The molecule has 114 valence electrons. The van der Waals surface area contributed by atoms with E-state index >= 15 is 0 Å². The summed E-state index contributed by atoms with van der Waals surface area (Å²) < 4.78 is 5.86.